The van der Waals surface area contributed by atoms with E-state index in [2.05, 4.69) is 10.3 Å². The molecule has 0 atom stereocenters. The summed E-state index contributed by atoms with van der Waals surface area (Å²) in [5, 5.41) is 10.9. The number of nitrogens with one attached hydrogen (secondary N) is 1. The van der Waals surface area contributed by atoms with Crippen LogP contribution >= 0.6 is 0 Å². The molecule has 14 heteroatoms. The summed E-state index contributed by atoms with van der Waals surface area (Å²) >= 11 is 0. The van der Waals surface area contributed by atoms with E-state index in [1.807, 2.05) is 4.90 Å². The highest BCUT2D eigenvalue weighted by Gasteiger charge is 2.45. The average molecular weight is 583 g/mol. The number of alkyl halides is 3. The zero-order chi connectivity index (χ0) is 28.7. The van der Waals surface area contributed by atoms with Gasteiger partial charge in [-0.1, -0.05) is 6.07 Å². The molecule has 3 heterocycles. The quantitative estimate of drug-likeness (QED) is 0.474. The molecular formula is C26H29F3N4O6S. The van der Waals surface area contributed by atoms with Crippen molar-refractivity contribution in [1.82, 2.24) is 9.88 Å². The Morgan fingerprint density at radius 2 is 1.80 bits per heavy atom. The largest absolute Gasteiger partial charge is 0.477 e. The number of aromatic nitrogens is 1. The van der Waals surface area contributed by atoms with Gasteiger partial charge >= 0.3 is 12.3 Å². The Morgan fingerprint density at radius 1 is 1.10 bits per heavy atom. The van der Waals surface area contributed by atoms with Crippen LogP contribution in [0.4, 0.5) is 29.5 Å². The summed E-state index contributed by atoms with van der Waals surface area (Å²) in [5.74, 6) is -0.576. The molecule has 1 spiro atoms. The van der Waals surface area contributed by atoms with Gasteiger partial charge < -0.3 is 25.0 Å². The molecular weight excluding hydrogens is 553 g/mol. The highest BCUT2D eigenvalue weighted by atomic mass is 32.2. The number of carbonyl (C=O) groups is 2. The fourth-order valence-corrected chi connectivity index (χ4v) is 6.71. The number of halogens is 3. The smallest absolute Gasteiger partial charge is 0.407 e. The molecule has 3 aliphatic rings. The molecule has 0 unspecified atom stereocenters. The minimum absolute atomic E-state index is 0.0129. The van der Waals surface area contributed by atoms with Gasteiger partial charge in [0.15, 0.2) is 9.84 Å². The fraction of sp³-hybridized carbons (Fsp3) is 0.500. The van der Waals surface area contributed by atoms with Crippen molar-refractivity contribution in [2.24, 2.45) is 5.41 Å². The fourth-order valence-electron chi connectivity index (χ4n) is 5.04. The molecule has 5 rings (SSSR count). The average Bonchev–Trinajstić information content (AvgIpc) is 3.61. The predicted octanol–water partition coefficient (Wildman–Crippen LogP) is 4.18. The highest BCUT2D eigenvalue weighted by molar-refractivity contribution is 7.92. The first-order chi connectivity index (χ1) is 18.9. The van der Waals surface area contributed by atoms with Crippen LogP contribution in [0.15, 0.2) is 41.3 Å². The Hall–Kier alpha value is -3.55. The van der Waals surface area contributed by atoms with Crippen molar-refractivity contribution in [3.05, 3.63) is 42.0 Å². The van der Waals surface area contributed by atoms with Gasteiger partial charge in [0.05, 0.1) is 29.2 Å². The number of carbonyl (C=O) groups excluding carboxylic acids is 1. The third-order valence-corrected chi connectivity index (χ3v) is 9.91. The van der Waals surface area contributed by atoms with Gasteiger partial charge in [0.25, 0.3) is 5.91 Å². The topological polar surface area (TPSA) is 129 Å². The minimum atomic E-state index is -4.37. The van der Waals surface area contributed by atoms with Crippen molar-refractivity contribution in [2.45, 2.75) is 48.4 Å². The zero-order valence-corrected chi connectivity index (χ0v) is 22.3. The van der Waals surface area contributed by atoms with Crippen LogP contribution in [-0.2, 0) is 9.84 Å². The first-order valence-electron chi connectivity index (χ1n) is 12.9. The second-order valence-corrected chi connectivity index (χ2v) is 12.8. The van der Waals surface area contributed by atoms with Crippen LogP contribution in [0.25, 0.3) is 0 Å². The lowest BCUT2D eigenvalue weighted by molar-refractivity contribution is -0.139. The van der Waals surface area contributed by atoms with E-state index in [0.717, 1.165) is 30.6 Å². The van der Waals surface area contributed by atoms with Gasteiger partial charge in [-0.05, 0) is 55.4 Å². The number of hydrogen-bond acceptors (Lipinski definition) is 7. The van der Waals surface area contributed by atoms with Gasteiger partial charge in [-0.3, -0.25) is 4.79 Å². The van der Waals surface area contributed by atoms with Crippen LogP contribution in [0.1, 0.15) is 42.5 Å². The number of amides is 2. The zero-order valence-electron chi connectivity index (χ0n) is 21.5. The summed E-state index contributed by atoms with van der Waals surface area (Å²) in [6, 6.07) is 8.58. The molecule has 1 aromatic heterocycles. The maximum absolute atomic E-state index is 13.4. The van der Waals surface area contributed by atoms with Gasteiger partial charge in [0.2, 0.25) is 5.88 Å². The molecule has 10 nitrogen and oxygen atoms in total. The molecule has 40 heavy (non-hydrogen) atoms. The van der Waals surface area contributed by atoms with Crippen molar-refractivity contribution in [3.8, 4) is 5.88 Å². The van der Waals surface area contributed by atoms with Crippen LogP contribution in [0.3, 0.4) is 0 Å². The lowest BCUT2D eigenvalue weighted by atomic mass is 9.93. The molecule has 1 aromatic carbocycles. The molecule has 0 bridgehead atoms. The number of rotatable bonds is 8. The number of benzene rings is 1. The number of pyridine rings is 1. The molecule has 2 aliphatic heterocycles. The third kappa shape index (κ3) is 6.11. The monoisotopic (exact) mass is 582 g/mol. The number of anilines is 2. The molecule has 2 saturated heterocycles. The molecule has 1 saturated carbocycles. The Morgan fingerprint density at radius 3 is 2.42 bits per heavy atom. The SMILES string of the molecule is O=C(Nc1cccc(OCCC(F)(F)F)n1)c1ccc(S(=O)(=O)C2CN(C(=O)O)C2)cc1N1CCC2(CC1)CC2. The summed E-state index contributed by atoms with van der Waals surface area (Å²) < 4.78 is 68.9. The molecule has 216 valence electrons. The summed E-state index contributed by atoms with van der Waals surface area (Å²) in [6.07, 6.45) is -2.50. The second-order valence-electron chi connectivity index (χ2n) is 10.5. The van der Waals surface area contributed by atoms with Gasteiger partial charge in [-0.15, -0.1) is 0 Å². The van der Waals surface area contributed by atoms with E-state index in [1.165, 1.54) is 36.4 Å². The lowest BCUT2D eigenvalue weighted by Crippen LogP contribution is -2.56. The Bertz CT molecular complexity index is 1400. The van der Waals surface area contributed by atoms with E-state index >= 15 is 0 Å². The summed E-state index contributed by atoms with van der Waals surface area (Å²) in [4.78, 5) is 31.6. The summed E-state index contributed by atoms with van der Waals surface area (Å²) in [5.41, 5.74) is 1.00. The molecule has 1 aliphatic carbocycles. The Labute approximate surface area is 229 Å². The van der Waals surface area contributed by atoms with Crippen molar-refractivity contribution in [3.63, 3.8) is 0 Å². The van der Waals surface area contributed by atoms with Crippen molar-refractivity contribution in [2.75, 3.05) is 43.0 Å². The van der Waals surface area contributed by atoms with E-state index in [0.29, 0.717) is 24.2 Å². The van der Waals surface area contributed by atoms with Gasteiger partial charge in [0, 0.05) is 32.2 Å². The number of nitrogens with zero attached hydrogens (tertiary/aromatic N) is 3. The van der Waals surface area contributed by atoms with Gasteiger partial charge in [-0.2, -0.15) is 18.2 Å². The van der Waals surface area contributed by atoms with Crippen LogP contribution in [0.2, 0.25) is 0 Å². The van der Waals surface area contributed by atoms with Crippen molar-refractivity contribution < 1.29 is 41.0 Å². The van der Waals surface area contributed by atoms with E-state index in [9.17, 15) is 31.2 Å². The number of likely N-dealkylation sites (tertiary alicyclic amines) is 1. The standard InChI is InChI=1S/C26H29F3N4O6S/c27-26(28,29)10-13-39-22-3-1-2-21(30-22)31-23(34)19-5-4-17(40(37,38)18-15-33(16-18)24(35)36)14-20(19)32-11-8-25(6-7-25)9-12-32/h1-5,14,18H,6-13,15-16H2,(H,35,36)(H,30,31,34). The van der Waals surface area contributed by atoms with Crippen molar-refractivity contribution >= 4 is 33.3 Å². The van der Waals surface area contributed by atoms with Crippen molar-refractivity contribution in [1.29, 1.82) is 0 Å². The van der Waals surface area contributed by atoms with E-state index in [4.69, 9.17) is 9.84 Å². The first-order valence-corrected chi connectivity index (χ1v) is 14.5. The van der Waals surface area contributed by atoms with Crippen LogP contribution in [0.5, 0.6) is 5.88 Å². The van der Waals surface area contributed by atoms with E-state index in [1.54, 1.807) is 0 Å². The number of ether oxygens (including phenoxy) is 1. The first kappa shape index (κ1) is 28.0. The number of sulfone groups is 1. The number of piperidine rings is 1. The Balaban J connectivity index is 1.36. The van der Waals surface area contributed by atoms with Crippen LogP contribution < -0.4 is 15.0 Å². The third-order valence-electron chi connectivity index (χ3n) is 7.82. The summed E-state index contributed by atoms with van der Waals surface area (Å²) in [6.45, 7) is 0.459. The Kier molecular flexibility index (Phi) is 7.31. The molecule has 2 aromatic rings. The number of carboxylic acid groups (broad SMARTS) is 1. The van der Waals surface area contributed by atoms with Gasteiger partial charge in [0.1, 0.15) is 11.1 Å². The lowest BCUT2D eigenvalue weighted by Gasteiger charge is -2.37. The van der Waals surface area contributed by atoms with Crippen LogP contribution in [0, 0.1) is 5.41 Å². The molecule has 2 amide bonds. The van der Waals surface area contributed by atoms with Gasteiger partial charge in [-0.25, -0.2) is 13.2 Å². The maximum atomic E-state index is 13.4. The van der Waals surface area contributed by atoms with E-state index in [-0.39, 0.29) is 35.2 Å². The highest BCUT2D eigenvalue weighted by Crippen LogP contribution is 2.54. The van der Waals surface area contributed by atoms with Crippen LogP contribution in [-0.4, -0.2) is 79.6 Å². The summed E-state index contributed by atoms with van der Waals surface area (Å²) in [7, 11) is -3.84. The second kappa shape index (κ2) is 10.5. The molecule has 0 radical (unpaired) electrons. The minimum Gasteiger partial charge on any atom is -0.477 e. The van der Waals surface area contributed by atoms with E-state index < -0.39 is 46.3 Å². The molecule has 3 fully saturated rings. The maximum Gasteiger partial charge on any atom is 0.407 e. The predicted molar refractivity (Wildman–Crippen MR) is 138 cm³/mol. The normalized spacial score (nSPS) is 18.8. The number of hydrogen-bond donors (Lipinski definition) is 2. The molecule has 2 N–H and O–H groups in total.